The van der Waals surface area contributed by atoms with Crippen molar-refractivity contribution in [3.63, 3.8) is 0 Å². The van der Waals surface area contributed by atoms with Crippen LogP contribution in [0.4, 0.5) is 0 Å². The standard InChI is InChI=1S/C8H22N4.C6H18N4.C2H5Cl.2HPS/c1-2-11-5-8-12(6-3-9)7-4-10;7-1-4-10(5-2-8)6-3-9;1-2-3;2*1-2/h11H,2-10H2,1H3;1-9H2;2H2,1H3;2*1H. The van der Waals surface area contributed by atoms with Crippen molar-refractivity contribution in [2.24, 2.45) is 28.7 Å². The Morgan fingerprint density at radius 2 is 0.897 bits per heavy atom. The highest BCUT2D eigenvalue weighted by molar-refractivity contribution is 7.89. The van der Waals surface area contributed by atoms with E-state index in [4.69, 9.17) is 40.3 Å². The number of halogens is 1. The first-order chi connectivity index (χ1) is 14.1. The van der Waals surface area contributed by atoms with Gasteiger partial charge in [-0.2, -0.15) is 0 Å². The van der Waals surface area contributed by atoms with E-state index >= 15 is 0 Å². The van der Waals surface area contributed by atoms with Gasteiger partial charge in [-0.25, -0.2) is 0 Å². The molecule has 0 aliphatic carbocycles. The Labute approximate surface area is 199 Å². The number of likely N-dealkylation sites (N-methyl/N-ethyl adjacent to an activating group) is 1. The summed E-state index contributed by atoms with van der Waals surface area (Å²) in [6, 6.07) is 0. The minimum Gasteiger partial charge on any atom is -0.329 e. The van der Waals surface area contributed by atoms with Gasteiger partial charge in [-0.15, -0.1) is 11.6 Å². The third-order valence-corrected chi connectivity index (χ3v) is 3.08. The summed E-state index contributed by atoms with van der Waals surface area (Å²) >= 11 is 12.8. The molecular formula is C16H47ClN8P2S2. The number of rotatable bonds is 14. The fourth-order valence-corrected chi connectivity index (χ4v) is 2.00. The van der Waals surface area contributed by atoms with Gasteiger partial charge in [0.05, 0.1) is 0 Å². The molecular weight excluding hydrogens is 466 g/mol. The van der Waals surface area contributed by atoms with Gasteiger partial charge in [0.1, 0.15) is 0 Å². The zero-order chi connectivity index (χ0) is 23.8. The third-order valence-electron chi connectivity index (χ3n) is 3.08. The minimum atomic E-state index is 0.681. The summed E-state index contributed by atoms with van der Waals surface area (Å²) in [7, 11) is 5.11. The maximum atomic E-state index is 5.46. The van der Waals surface area contributed by atoms with E-state index in [1.165, 1.54) is 0 Å². The number of nitrogens with one attached hydrogen (secondary N) is 1. The molecule has 0 aliphatic rings. The molecule has 180 valence electrons. The van der Waals surface area contributed by atoms with Crippen LogP contribution >= 0.6 is 27.6 Å². The normalized spacial score (nSPS) is 9.17. The smallest absolute Gasteiger partial charge is 0.0195 e. The summed E-state index contributed by atoms with van der Waals surface area (Å²) in [6.07, 6.45) is 0. The Morgan fingerprint density at radius 3 is 1.10 bits per heavy atom. The van der Waals surface area contributed by atoms with Crippen molar-refractivity contribution in [3.05, 3.63) is 0 Å². The lowest BCUT2D eigenvalue weighted by Crippen LogP contribution is -2.38. The largest absolute Gasteiger partial charge is 0.329 e. The lowest BCUT2D eigenvalue weighted by atomic mass is 10.4. The van der Waals surface area contributed by atoms with Crippen molar-refractivity contribution in [3.8, 4) is 0 Å². The van der Waals surface area contributed by atoms with E-state index < -0.39 is 0 Å². The van der Waals surface area contributed by atoms with Crippen LogP contribution in [-0.4, -0.2) is 101 Å². The molecule has 0 saturated carbocycles. The maximum absolute atomic E-state index is 5.46. The average molecular weight is 513 g/mol. The van der Waals surface area contributed by atoms with Gasteiger partial charge in [-0.05, 0) is 22.6 Å². The highest BCUT2D eigenvalue weighted by Crippen LogP contribution is 1.83. The van der Waals surface area contributed by atoms with Crippen molar-refractivity contribution in [1.29, 1.82) is 0 Å². The topological polar surface area (TPSA) is 149 Å². The zero-order valence-electron chi connectivity index (χ0n) is 18.4. The van der Waals surface area contributed by atoms with Crippen molar-refractivity contribution in [2.75, 3.05) is 91.0 Å². The van der Waals surface area contributed by atoms with Gasteiger partial charge in [0.25, 0.3) is 0 Å². The van der Waals surface area contributed by atoms with Crippen LogP contribution in [0.3, 0.4) is 0 Å². The van der Waals surface area contributed by atoms with Gasteiger partial charge in [0, 0.05) is 84.4 Å². The fourth-order valence-electron chi connectivity index (χ4n) is 2.00. The molecule has 0 bridgehead atoms. The van der Waals surface area contributed by atoms with Gasteiger partial charge >= 0.3 is 0 Å². The summed E-state index contributed by atoms with van der Waals surface area (Å²) < 4.78 is 0. The van der Waals surface area contributed by atoms with Crippen LogP contribution in [0.1, 0.15) is 13.8 Å². The first-order valence-electron chi connectivity index (χ1n) is 9.74. The number of nitrogens with two attached hydrogens (primary N) is 5. The van der Waals surface area contributed by atoms with Crippen molar-refractivity contribution in [2.45, 2.75) is 13.8 Å². The molecule has 0 aromatic rings. The number of hydrogen-bond donors (Lipinski definition) is 6. The van der Waals surface area contributed by atoms with Crippen LogP contribution in [0.2, 0.25) is 0 Å². The van der Waals surface area contributed by atoms with Crippen molar-refractivity contribution in [1.82, 2.24) is 15.1 Å². The number of nitrogens with zero attached hydrogens (tertiary/aromatic N) is 2. The van der Waals surface area contributed by atoms with E-state index in [9.17, 15) is 0 Å². The van der Waals surface area contributed by atoms with Crippen LogP contribution in [0.15, 0.2) is 0 Å². The SMILES string of the molecule is CCCl.CCNCCN(CCN)CCN.NCCN(CCN)CCN.P=S.P=S. The molecule has 0 saturated heterocycles. The van der Waals surface area contributed by atoms with Gasteiger partial charge in [-0.3, -0.25) is 9.80 Å². The quantitative estimate of drug-likeness (QED) is 0.101. The molecule has 0 radical (unpaired) electrons. The number of alkyl halides is 1. The summed E-state index contributed by atoms with van der Waals surface area (Å²) in [6.45, 7) is 15.1. The lowest BCUT2D eigenvalue weighted by molar-refractivity contribution is 0.289. The van der Waals surface area contributed by atoms with Crippen molar-refractivity contribution < 1.29 is 0 Å². The first kappa shape index (κ1) is 40.4. The highest BCUT2D eigenvalue weighted by Gasteiger charge is 2.00. The zero-order valence-corrected chi connectivity index (χ0v) is 22.8. The first-order valence-corrected chi connectivity index (χ1v) is 13.5. The Balaban J connectivity index is -0.000000102. The molecule has 0 heterocycles. The highest BCUT2D eigenvalue weighted by atomic mass is 35.5. The molecule has 0 spiro atoms. The minimum absolute atomic E-state index is 0.681. The van der Waals surface area contributed by atoms with Crippen LogP contribution in [-0.2, 0) is 23.6 Å². The summed E-state index contributed by atoms with van der Waals surface area (Å²) in [5, 5.41) is 3.27. The summed E-state index contributed by atoms with van der Waals surface area (Å²) in [5.41, 5.74) is 27.0. The molecule has 13 heteroatoms. The van der Waals surface area contributed by atoms with Crippen molar-refractivity contribution >= 4 is 51.2 Å². The Morgan fingerprint density at radius 1 is 0.655 bits per heavy atom. The Hall–Kier alpha value is 1.01. The predicted molar refractivity (Wildman–Crippen MR) is 144 cm³/mol. The summed E-state index contributed by atoms with van der Waals surface area (Å²) in [4.78, 5) is 4.45. The molecule has 0 aliphatic heterocycles. The molecule has 0 fully saturated rings. The molecule has 29 heavy (non-hydrogen) atoms. The number of hydrogen-bond acceptors (Lipinski definition) is 10. The van der Waals surface area contributed by atoms with E-state index in [0.29, 0.717) is 32.7 Å². The van der Waals surface area contributed by atoms with Crippen LogP contribution in [0.5, 0.6) is 0 Å². The molecule has 0 aromatic carbocycles. The van der Waals surface area contributed by atoms with E-state index in [2.05, 4.69) is 61.7 Å². The molecule has 0 unspecified atom stereocenters. The third kappa shape index (κ3) is 47.9. The Kier molecular flexibility index (Phi) is 65.4. The van der Waals surface area contributed by atoms with Gasteiger partial charge in [0.2, 0.25) is 0 Å². The molecule has 0 amide bonds. The van der Waals surface area contributed by atoms with E-state index in [1.807, 2.05) is 6.92 Å². The van der Waals surface area contributed by atoms with Crippen LogP contribution in [0.25, 0.3) is 0 Å². The maximum Gasteiger partial charge on any atom is 0.0195 e. The Bertz CT molecular complexity index is 235. The van der Waals surface area contributed by atoms with E-state index in [0.717, 1.165) is 58.2 Å². The molecule has 0 rings (SSSR count). The monoisotopic (exact) mass is 512 g/mol. The summed E-state index contributed by atoms with van der Waals surface area (Å²) in [5.74, 6) is 0.722. The van der Waals surface area contributed by atoms with Gasteiger partial charge < -0.3 is 34.0 Å². The van der Waals surface area contributed by atoms with Crippen LogP contribution < -0.4 is 34.0 Å². The molecule has 0 aromatic heterocycles. The molecule has 11 N–H and O–H groups in total. The second-order valence-corrected chi connectivity index (χ2v) is 5.78. The van der Waals surface area contributed by atoms with E-state index in [1.54, 1.807) is 0 Å². The molecule has 8 nitrogen and oxygen atoms in total. The fraction of sp³-hybridized carbons (Fsp3) is 1.00. The average Bonchev–Trinajstić information content (AvgIpc) is 2.73. The molecule has 0 atom stereocenters. The second-order valence-electron chi connectivity index (χ2n) is 5.25. The van der Waals surface area contributed by atoms with E-state index in [-0.39, 0.29) is 0 Å². The predicted octanol–water partition coefficient (Wildman–Crippen LogP) is -0.593. The van der Waals surface area contributed by atoms with Gasteiger partial charge in [-0.1, -0.05) is 37.5 Å². The van der Waals surface area contributed by atoms with Crippen LogP contribution in [0, 0.1) is 0 Å². The van der Waals surface area contributed by atoms with Gasteiger partial charge in [0.15, 0.2) is 0 Å². The second kappa shape index (κ2) is 47.0. The lowest BCUT2D eigenvalue weighted by Gasteiger charge is -2.20.